The SMILES string of the molecule is CS(=O)(=O)c1cccc(NC(=O)C2CCCO2)c1. The monoisotopic (exact) mass is 269 g/mol. The van der Waals surface area contributed by atoms with Gasteiger partial charge in [-0.15, -0.1) is 0 Å². The summed E-state index contributed by atoms with van der Waals surface area (Å²) in [5, 5.41) is 2.67. The Morgan fingerprint density at radius 1 is 1.44 bits per heavy atom. The van der Waals surface area contributed by atoms with E-state index in [1.54, 1.807) is 12.1 Å². The summed E-state index contributed by atoms with van der Waals surface area (Å²) in [6.45, 7) is 0.599. The Kier molecular flexibility index (Phi) is 3.68. The van der Waals surface area contributed by atoms with E-state index in [2.05, 4.69) is 5.32 Å². The molecule has 98 valence electrons. The average Bonchev–Trinajstić information content (AvgIpc) is 2.81. The minimum atomic E-state index is -3.26. The highest BCUT2D eigenvalue weighted by molar-refractivity contribution is 7.90. The fraction of sp³-hybridized carbons (Fsp3) is 0.417. The molecule has 1 aliphatic rings. The first-order valence-electron chi connectivity index (χ1n) is 5.69. The number of amides is 1. The van der Waals surface area contributed by atoms with Gasteiger partial charge in [-0.25, -0.2) is 8.42 Å². The van der Waals surface area contributed by atoms with Crippen molar-refractivity contribution in [1.82, 2.24) is 0 Å². The van der Waals surface area contributed by atoms with Crippen molar-refractivity contribution >= 4 is 21.4 Å². The van der Waals surface area contributed by atoms with E-state index in [0.717, 1.165) is 12.7 Å². The number of nitrogens with one attached hydrogen (secondary N) is 1. The van der Waals surface area contributed by atoms with Crippen LogP contribution in [0.25, 0.3) is 0 Å². The van der Waals surface area contributed by atoms with E-state index >= 15 is 0 Å². The number of anilines is 1. The summed E-state index contributed by atoms with van der Waals surface area (Å²) >= 11 is 0. The molecule has 1 aromatic rings. The topological polar surface area (TPSA) is 72.5 Å². The van der Waals surface area contributed by atoms with Gasteiger partial charge in [0.25, 0.3) is 5.91 Å². The van der Waals surface area contributed by atoms with Crippen LogP contribution in [0.3, 0.4) is 0 Å². The molecule has 0 spiro atoms. The summed E-state index contributed by atoms with van der Waals surface area (Å²) in [6.07, 6.45) is 2.29. The molecule has 0 aromatic heterocycles. The molecule has 0 bridgehead atoms. The van der Waals surface area contributed by atoms with Crippen LogP contribution in [0, 0.1) is 0 Å². The Hall–Kier alpha value is -1.40. The number of carbonyl (C=O) groups excluding carboxylic acids is 1. The van der Waals surface area contributed by atoms with Crippen LogP contribution in [-0.2, 0) is 19.4 Å². The number of carbonyl (C=O) groups is 1. The van der Waals surface area contributed by atoms with Crippen molar-refractivity contribution < 1.29 is 17.9 Å². The first-order valence-corrected chi connectivity index (χ1v) is 7.58. The van der Waals surface area contributed by atoms with Gasteiger partial charge in [0.2, 0.25) is 0 Å². The maximum absolute atomic E-state index is 11.8. The fourth-order valence-corrected chi connectivity index (χ4v) is 2.48. The van der Waals surface area contributed by atoms with Gasteiger partial charge in [-0.2, -0.15) is 0 Å². The van der Waals surface area contributed by atoms with Gasteiger partial charge in [-0.3, -0.25) is 4.79 Å². The van der Waals surface area contributed by atoms with E-state index in [1.807, 2.05) is 0 Å². The first kappa shape index (κ1) is 13.0. The highest BCUT2D eigenvalue weighted by Crippen LogP contribution is 2.18. The van der Waals surface area contributed by atoms with Crippen LogP contribution in [0.15, 0.2) is 29.2 Å². The van der Waals surface area contributed by atoms with E-state index in [-0.39, 0.29) is 10.8 Å². The molecule has 2 rings (SSSR count). The minimum absolute atomic E-state index is 0.188. The molecule has 1 unspecified atom stereocenters. The molecule has 1 aromatic carbocycles. The lowest BCUT2D eigenvalue weighted by atomic mass is 10.2. The van der Waals surface area contributed by atoms with Gasteiger partial charge < -0.3 is 10.1 Å². The van der Waals surface area contributed by atoms with E-state index in [0.29, 0.717) is 18.7 Å². The van der Waals surface area contributed by atoms with Crippen molar-refractivity contribution in [3.8, 4) is 0 Å². The van der Waals surface area contributed by atoms with Gasteiger partial charge in [0.05, 0.1) is 4.90 Å². The normalized spacial score (nSPS) is 19.7. The molecule has 1 atom stereocenters. The summed E-state index contributed by atoms with van der Waals surface area (Å²) in [4.78, 5) is 12.0. The van der Waals surface area contributed by atoms with Crippen molar-refractivity contribution in [2.45, 2.75) is 23.8 Å². The molecule has 18 heavy (non-hydrogen) atoms. The fourth-order valence-electron chi connectivity index (χ4n) is 1.81. The molecule has 1 fully saturated rings. The maximum Gasteiger partial charge on any atom is 0.253 e. The molecule has 1 heterocycles. The smallest absolute Gasteiger partial charge is 0.253 e. The van der Waals surface area contributed by atoms with E-state index in [4.69, 9.17) is 4.74 Å². The van der Waals surface area contributed by atoms with E-state index < -0.39 is 15.9 Å². The highest BCUT2D eigenvalue weighted by Gasteiger charge is 2.23. The zero-order valence-corrected chi connectivity index (χ0v) is 10.9. The van der Waals surface area contributed by atoms with Gasteiger partial charge in [0.15, 0.2) is 9.84 Å². The van der Waals surface area contributed by atoms with Crippen LogP contribution in [0.4, 0.5) is 5.69 Å². The number of rotatable bonds is 3. The third-order valence-corrected chi connectivity index (χ3v) is 3.86. The number of hydrogen-bond donors (Lipinski definition) is 1. The third-order valence-electron chi connectivity index (χ3n) is 2.75. The Morgan fingerprint density at radius 3 is 2.83 bits per heavy atom. The summed E-state index contributed by atoms with van der Waals surface area (Å²) in [6, 6.07) is 6.20. The van der Waals surface area contributed by atoms with Crippen molar-refractivity contribution in [2.75, 3.05) is 18.2 Å². The zero-order valence-electron chi connectivity index (χ0n) is 10.0. The van der Waals surface area contributed by atoms with Crippen molar-refractivity contribution in [3.05, 3.63) is 24.3 Å². The first-order chi connectivity index (χ1) is 8.47. The molecule has 0 saturated carbocycles. The maximum atomic E-state index is 11.8. The second-order valence-corrected chi connectivity index (χ2v) is 6.31. The Balaban J connectivity index is 2.12. The number of ether oxygens (including phenoxy) is 1. The van der Waals surface area contributed by atoms with Gasteiger partial charge in [0, 0.05) is 18.6 Å². The lowest BCUT2D eigenvalue weighted by Gasteiger charge is -2.10. The van der Waals surface area contributed by atoms with Gasteiger partial charge in [-0.05, 0) is 31.0 Å². The second-order valence-electron chi connectivity index (χ2n) is 4.29. The average molecular weight is 269 g/mol. The van der Waals surface area contributed by atoms with E-state index in [1.165, 1.54) is 12.1 Å². The standard InChI is InChI=1S/C12H15NO4S/c1-18(15,16)10-5-2-4-9(8-10)13-12(14)11-6-3-7-17-11/h2,4-5,8,11H,3,6-7H2,1H3,(H,13,14). The van der Waals surface area contributed by atoms with Crippen LogP contribution in [0.1, 0.15) is 12.8 Å². The largest absolute Gasteiger partial charge is 0.368 e. The summed E-state index contributed by atoms with van der Waals surface area (Å²) in [5.41, 5.74) is 0.471. The Morgan fingerprint density at radius 2 is 2.22 bits per heavy atom. The second kappa shape index (κ2) is 5.07. The lowest BCUT2D eigenvalue weighted by molar-refractivity contribution is -0.124. The molecule has 0 radical (unpaired) electrons. The van der Waals surface area contributed by atoms with Crippen LogP contribution in [0.5, 0.6) is 0 Å². The Labute approximate surface area is 106 Å². The van der Waals surface area contributed by atoms with Crippen LogP contribution < -0.4 is 5.32 Å². The number of benzene rings is 1. The molecule has 1 saturated heterocycles. The molecular weight excluding hydrogens is 254 g/mol. The quantitative estimate of drug-likeness (QED) is 0.895. The Bertz CT molecular complexity index is 547. The molecule has 0 aliphatic carbocycles. The van der Waals surface area contributed by atoms with Crippen molar-refractivity contribution in [3.63, 3.8) is 0 Å². The van der Waals surface area contributed by atoms with Gasteiger partial charge in [0.1, 0.15) is 6.10 Å². The van der Waals surface area contributed by atoms with E-state index in [9.17, 15) is 13.2 Å². The molecular formula is C12H15NO4S. The lowest BCUT2D eigenvalue weighted by Crippen LogP contribution is -2.26. The molecule has 1 amide bonds. The third kappa shape index (κ3) is 3.08. The van der Waals surface area contributed by atoms with Crippen LogP contribution >= 0.6 is 0 Å². The highest BCUT2D eigenvalue weighted by atomic mass is 32.2. The van der Waals surface area contributed by atoms with Gasteiger partial charge in [-0.1, -0.05) is 6.07 Å². The number of sulfone groups is 1. The summed E-state index contributed by atoms with van der Waals surface area (Å²) in [7, 11) is -3.26. The summed E-state index contributed by atoms with van der Waals surface area (Å²) in [5.74, 6) is -0.224. The molecule has 5 nitrogen and oxygen atoms in total. The molecule has 6 heteroatoms. The molecule has 1 N–H and O–H groups in total. The van der Waals surface area contributed by atoms with Gasteiger partial charge >= 0.3 is 0 Å². The van der Waals surface area contributed by atoms with Crippen LogP contribution in [-0.4, -0.2) is 33.3 Å². The summed E-state index contributed by atoms with van der Waals surface area (Å²) < 4.78 is 28.0. The number of hydrogen-bond acceptors (Lipinski definition) is 4. The predicted octanol–water partition coefficient (Wildman–Crippen LogP) is 1.21. The minimum Gasteiger partial charge on any atom is -0.368 e. The molecule has 1 aliphatic heterocycles. The van der Waals surface area contributed by atoms with Crippen molar-refractivity contribution in [2.24, 2.45) is 0 Å². The van der Waals surface area contributed by atoms with Crippen molar-refractivity contribution in [1.29, 1.82) is 0 Å². The zero-order chi connectivity index (χ0) is 13.2. The van der Waals surface area contributed by atoms with Crippen LogP contribution in [0.2, 0.25) is 0 Å². The predicted molar refractivity (Wildman–Crippen MR) is 67.2 cm³/mol.